The maximum Gasteiger partial charge on any atom is 0.226 e. The number of thiazole rings is 1. The molecule has 1 aromatic heterocycles. The molecule has 2 rings (SSSR count). The molecule has 0 aromatic carbocycles. The number of hydrogen-bond donors (Lipinski definition) is 1. The summed E-state index contributed by atoms with van der Waals surface area (Å²) >= 11 is 1.67. The Hall–Kier alpha value is -0.900. The van der Waals surface area contributed by atoms with E-state index in [1.165, 1.54) is 29.8 Å². The smallest absolute Gasteiger partial charge is 0.226 e. The number of carbonyl (C=O) groups excluding carboxylic acids is 1. The molecule has 0 fully saturated rings. The van der Waals surface area contributed by atoms with E-state index in [0.29, 0.717) is 12.3 Å². The summed E-state index contributed by atoms with van der Waals surface area (Å²) in [5, 5.41) is 3.74. The Bertz CT molecular complexity index is 388. The van der Waals surface area contributed by atoms with Crippen LogP contribution in [-0.4, -0.2) is 10.9 Å². The maximum atomic E-state index is 11.8. The molecule has 0 saturated heterocycles. The molecular formula is C14H22N2OS. The molecular weight excluding hydrogens is 244 g/mol. The molecule has 1 aromatic rings. The molecule has 18 heavy (non-hydrogen) atoms. The number of aromatic nitrogens is 1. The Morgan fingerprint density at radius 2 is 2.11 bits per heavy atom. The van der Waals surface area contributed by atoms with Crippen LogP contribution in [0.3, 0.4) is 0 Å². The molecule has 0 radical (unpaired) electrons. The molecule has 4 heteroatoms. The zero-order valence-electron chi connectivity index (χ0n) is 11.3. The van der Waals surface area contributed by atoms with Crippen molar-refractivity contribution in [2.24, 2.45) is 5.92 Å². The van der Waals surface area contributed by atoms with Crippen LogP contribution in [0.15, 0.2) is 0 Å². The molecule has 3 nitrogen and oxygen atoms in total. The lowest BCUT2D eigenvalue weighted by atomic mass is 10.1. The zero-order chi connectivity index (χ0) is 13.0. The molecule has 0 saturated carbocycles. The fourth-order valence-corrected chi connectivity index (χ4v) is 3.25. The van der Waals surface area contributed by atoms with Crippen LogP contribution in [0.5, 0.6) is 0 Å². The van der Waals surface area contributed by atoms with Gasteiger partial charge in [0.1, 0.15) is 0 Å². The second-order valence-electron chi connectivity index (χ2n) is 5.43. The van der Waals surface area contributed by atoms with E-state index in [-0.39, 0.29) is 5.91 Å². The molecule has 0 atom stereocenters. The first-order chi connectivity index (χ1) is 8.65. The highest BCUT2D eigenvalue weighted by Crippen LogP contribution is 2.29. The number of hydrogen-bond acceptors (Lipinski definition) is 3. The van der Waals surface area contributed by atoms with Crippen molar-refractivity contribution in [1.29, 1.82) is 0 Å². The van der Waals surface area contributed by atoms with Gasteiger partial charge in [0.2, 0.25) is 5.91 Å². The second kappa shape index (κ2) is 6.32. The quantitative estimate of drug-likeness (QED) is 0.843. The zero-order valence-corrected chi connectivity index (χ0v) is 12.1. The van der Waals surface area contributed by atoms with E-state index in [1.807, 2.05) is 0 Å². The molecule has 1 heterocycles. The summed E-state index contributed by atoms with van der Waals surface area (Å²) in [5.74, 6) is 0.677. The summed E-state index contributed by atoms with van der Waals surface area (Å²) < 4.78 is 0. The van der Waals surface area contributed by atoms with Crippen molar-refractivity contribution < 1.29 is 4.79 Å². The minimum Gasteiger partial charge on any atom is -0.302 e. The first kappa shape index (κ1) is 13.5. The third kappa shape index (κ3) is 3.80. The van der Waals surface area contributed by atoms with Gasteiger partial charge in [0, 0.05) is 11.3 Å². The lowest BCUT2D eigenvalue weighted by Gasteiger charge is -2.03. The number of amides is 1. The maximum absolute atomic E-state index is 11.8. The molecule has 0 spiro atoms. The van der Waals surface area contributed by atoms with Gasteiger partial charge in [-0.15, -0.1) is 11.3 Å². The summed E-state index contributed by atoms with van der Waals surface area (Å²) in [6.07, 6.45) is 7.55. The third-order valence-corrected chi connectivity index (χ3v) is 4.36. The van der Waals surface area contributed by atoms with Gasteiger partial charge in [-0.1, -0.05) is 20.3 Å². The van der Waals surface area contributed by atoms with Gasteiger partial charge in [0.15, 0.2) is 5.13 Å². The number of anilines is 1. The fourth-order valence-electron chi connectivity index (χ4n) is 2.18. The molecule has 100 valence electrons. The van der Waals surface area contributed by atoms with Gasteiger partial charge in [-0.25, -0.2) is 4.98 Å². The van der Waals surface area contributed by atoms with Crippen LogP contribution in [-0.2, 0) is 17.6 Å². The van der Waals surface area contributed by atoms with E-state index in [1.54, 1.807) is 11.3 Å². The number of fused-ring (bicyclic) bond motifs is 1. The average Bonchev–Trinajstić information content (AvgIpc) is 2.56. The topological polar surface area (TPSA) is 42.0 Å². The van der Waals surface area contributed by atoms with Crippen LogP contribution in [0.2, 0.25) is 0 Å². The average molecular weight is 266 g/mol. The minimum atomic E-state index is 0.104. The number of aryl methyl sites for hydroxylation is 2. The van der Waals surface area contributed by atoms with Crippen molar-refractivity contribution in [3.05, 3.63) is 10.6 Å². The summed E-state index contributed by atoms with van der Waals surface area (Å²) in [5.41, 5.74) is 1.22. The number of nitrogens with one attached hydrogen (secondary N) is 1. The largest absolute Gasteiger partial charge is 0.302 e. The van der Waals surface area contributed by atoms with E-state index < -0.39 is 0 Å². The van der Waals surface area contributed by atoms with Crippen molar-refractivity contribution in [3.8, 4) is 0 Å². The number of nitrogens with zero attached hydrogens (tertiary/aromatic N) is 1. The molecule has 1 aliphatic carbocycles. The standard InChI is InChI=1S/C14H22N2OS/c1-10(2)8-9-13(17)16-14-15-11-6-4-3-5-7-12(11)18-14/h10H,3-9H2,1-2H3,(H,15,16,17). The Morgan fingerprint density at radius 1 is 1.33 bits per heavy atom. The van der Waals surface area contributed by atoms with Crippen LogP contribution >= 0.6 is 11.3 Å². The van der Waals surface area contributed by atoms with E-state index in [4.69, 9.17) is 0 Å². The Labute approximate surface area is 113 Å². The molecule has 0 bridgehead atoms. The van der Waals surface area contributed by atoms with E-state index in [0.717, 1.165) is 24.4 Å². The van der Waals surface area contributed by atoms with Crippen molar-refractivity contribution >= 4 is 22.4 Å². The van der Waals surface area contributed by atoms with Crippen molar-refractivity contribution in [2.75, 3.05) is 5.32 Å². The Balaban J connectivity index is 1.92. The monoisotopic (exact) mass is 266 g/mol. The predicted octanol–water partition coefficient (Wildman–Crippen LogP) is 3.79. The molecule has 1 amide bonds. The van der Waals surface area contributed by atoms with Crippen LogP contribution in [0.25, 0.3) is 0 Å². The van der Waals surface area contributed by atoms with Gasteiger partial charge in [0.05, 0.1) is 5.69 Å². The molecule has 1 aliphatic rings. The minimum absolute atomic E-state index is 0.104. The molecule has 1 N–H and O–H groups in total. The summed E-state index contributed by atoms with van der Waals surface area (Å²) in [6, 6.07) is 0. The normalized spacial score (nSPS) is 15.3. The highest BCUT2D eigenvalue weighted by molar-refractivity contribution is 7.15. The molecule has 0 unspecified atom stereocenters. The van der Waals surface area contributed by atoms with Crippen LogP contribution in [0.4, 0.5) is 5.13 Å². The lowest BCUT2D eigenvalue weighted by Crippen LogP contribution is -2.12. The van der Waals surface area contributed by atoms with Gasteiger partial charge >= 0.3 is 0 Å². The van der Waals surface area contributed by atoms with Gasteiger partial charge in [-0.05, 0) is 38.0 Å². The molecule has 0 aliphatic heterocycles. The van der Waals surface area contributed by atoms with Crippen LogP contribution in [0, 0.1) is 5.92 Å². The lowest BCUT2D eigenvalue weighted by molar-refractivity contribution is -0.116. The predicted molar refractivity (Wildman–Crippen MR) is 76.1 cm³/mol. The van der Waals surface area contributed by atoms with E-state index in [2.05, 4.69) is 24.1 Å². The number of carbonyl (C=O) groups is 1. The second-order valence-corrected chi connectivity index (χ2v) is 6.51. The summed E-state index contributed by atoms with van der Waals surface area (Å²) in [4.78, 5) is 17.7. The van der Waals surface area contributed by atoms with E-state index in [9.17, 15) is 4.79 Å². The van der Waals surface area contributed by atoms with E-state index >= 15 is 0 Å². The summed E-state index contributed by atoms with van der Waals surface area (Å²) in [7, 11) is 0. The van der Waals surface area contributed by atoms with Gasteiger partial charge in [-0.3, -0.25) is 4.79 Å². The highest BCUT2D eigenvalue weighted by Gasteiger charge is 2.15. The van der Waals surface area contributed by atoms with Crippen molar-refractivity contribution in [1.82, 2.24) is 4.98 Å². The first-order valence-corrected chi connectivity index (χ1v) is 7.75. The summed E-state index contributed by atoms with van der Waals surface area (Å²) in [6.45, 7) is 4.28. The Morgan fingerprint density at radius 3 is 2.89 bits per heavy atom. The van der Waals surface area contributed by atoms with Crippen molar-refractivity contribution in [3.63, 3.8) is 0 Å². The Kier molecular flexibility index (Phi) is 4.75. The van der Waals surface area contributed by atoms with Gasteiger partial charge < -0.3 is 5.32 Å². The third-order valence-electron chi connectivity index (χ3n) is 3.29. The van der Waals surface area contributed by atoms with Crippen LogP contribution < -0.4 is 5.32 Å². The number of rotatable bonds is 4. The van der Waals surface area contributed by atoms with Gasteiger partial charge in [-0.2, -0.15) is 0 Å². The van der Waals surface area contributed by atoms with Crippen molar-refractivity contribution in [2.45, 2.75) is 58.8 Å². The SMILES string of the molecule is CC(C)CCC(=O)Nc1nc2c(s1)CCCCC2. The highest BCUT2D eigenvalue weighted by atomic mass is 32.1. The fraction of sp³-hybridized carbons (Fsp3) is 0.714. The van der Waals surface area contributed by atoms with Crippen LogP contribution in [0.1, 0.15) is 56.5 Å². The van der Waals surface area contributed by atoms with Gasteiger partial charge in [0.25, 0.3) is 0 Å². The first-order valence-electron chi connectivity index (χ1n) is 6.93.